The largest absolute Gasteiger partial charge is 0.480 e. The molecule has 1 atom stereocenters. The third-order valence-corrected chi connectivity index (χ3v) is 3.09. The lowest BCUT2D eigenvalue weighted by atomic mass is 10.2. The summed E-state index contributed by atoms with van der Waals surface area (Å²) in [5.74, 6) is -1.74. The molecule has 0 fully saturated rings. The topological polar surface area (TPSA) is 105 Å². The summed E-state index contributed by atoms with van der Waals surface area (Å²) in [4.78, 5) is 34.1. The summed E-state index contributed by atoms with van der Waals surface area (Å²) >= 11 is 1.98. The summed E-state index contributed by atoms with van der Waals surface area (Å²) in [5.41, 5.74) is -0.0421. The maximum atomic E-state index is 11.7. The number of ether oxygens (including phenoxy) is 1. The van der Waals surface area contributed by atoms with Crippen molar-refractivity contribution in [1.29, 1.82) is 0 Å². The predicted molar refractivity (Wildman–Crippen MR) is 83.4 cm³/mol. The third-order valence-electron chi connectivity index (χ3n) is 2.42. The Hall–Kier alpha value is -1.84. The number of benzene rings is 1. The Bertz CT molecular complexity index is 561. The second-order valence-corrected chi connectivity index (χ2v) is 5.30. The van der Waals surface area contributed by atoms with Gasteiger partial charge in [0.25, 0.3) is 5.91 Å². The van der Waals surface area contributed by atoms with Crippen molar-refractivity contribution in [2.75, 3.05) is 6.54 Å². The molecule has 21 heavy (non-hydrogen) atoms. The minimum Gasteiger partial charge on any atom is -0.480 e. The minimum atomic E-state index is -1.15. The lowest BCUT2D eigenvalue weighted by Crippen LogP contribution is -2.45. The minimum absolute atomic E-state index is 0.0421. The van der Waals surface area contributed by atoms with Crippen LogP contribution in [0.4, 0.5) is 4.79 Å². The Balaban J connectivity index is 2.79. The molecule has 0 aliphatic rings. The van der Waals surface area contributed by atoms with Gasteiger partial charge in [0.2, 0.25) is 0 Å². The monoisotopic (exact) mass is 406 g/mol. The average Bonchev–Trinajstić information content (AvgIpc) is 2.40. The van der Waals surface area contributed by atoms with E-state index in [0.29, 0.717) is 6.54 Å². The molecule has 0 saturated heterocycles. The van der Waals surface area contributed by atoms with Crippen LogP contribution >= 0.6 is 22.6 Å². The van der Waals surface area contributed by atoms with E-state index in [2.05, 4.69) is 10.6 Å². The van der Waals surface area contributed by atoms with Gasteiger partial charge in [-0.25, -0.2) is 9.59 Å². The molecule has 8 heteroatoms. The summed E-state index contributed by atoms with van der Waals surface area (Å²) in [6.45, 7) is 3.53. The van der Waals surface area contributed by atoms with Crippen molar-refractivity contribution < 1.29 is 24.2 Å². The molecule has 7 nitrogen and oxygen atoms in total. The van der Waals surface area contributed by atoms with Crippen LogP contribution in [-0.4, -0.2) is 35.7 Å². The van der Waals surface area contributed by atoms with Crippen molar-refractivity contribution in [3.8, 4) is 5.75 Å². The first-order chi connectivity index (χ1) is 9.85. The van der Waals surface area contributed by atoms with E-state index in [1.165, 1.54) is 19.1 Å². The Kier molecular flexibility index (Phi) is 6.40. The number of nitrogens with one attached hydrogen (secondary N) is 2. The normalized spacial score (nSPS) is 11.4. The number of hydrogen-bond donors (Lipinski definition) is 3. The highest BCUT2D eigenvalue weighted by Crippen LogP contribution is 2.22. The van der Waals surface area contributed by atoms with Crippen LogP contribution < -0.4 is 15.4 Å². The molecule has 0 bridgehead atoms. The van der Waals surface area contributed by atoms with Gasteiger partial charge in [-0.3, -0.25) is 10.1 Å². The number of carbonyl (C=O) groups is 3. The van der Waals surface area contributed by atoms with Gasteiger partial charge in [-0.15, -0.1) is 0 Å². The molecular weight excluding hydrogens is 391 g/mol. The molecule has 1 aromatic carbocycles. The van der Waals surface area contributed by atoms with Gasteiger partial charge in [-0.2, -0.15) is 0 Å². The van der Waals surface area contributed by atoms with Gasteiger partial charge >= 0.3 is 12.0 Å². The van der Waals surface area contributed by atoms with Crippen molar-refractivity contribution in [3.05, 3.63) is 27.3 Å². The summed E-state index contributed by atoms with van der Waals surface area (Å²) < 4.78 is 6.06. The quantitative estimate of drug-likeness (QED) is 0.645. The first-order valence-corrected chi connectivity index (χ1v) is 7.21. The highest BCUT2D eigenvalue weighted by atomic mass is 127. The Labute approximate surface area is 135 Å². The maximum Gasteiger partial charge on any atom is 0.339 e. The zero-order valence-corrected chi connectivity index (χ0v) is 13.6. The smallest absolute Gasteiger partial charge is 0.339 e. The van der Waals surface area contributed by atoms with E-state index in [1.807, 2.05) is 22.6 Å². The summed E-state index contributed by atoms with van der Waals surface area (Å²) in [7, 11) is 0. The van der Waals surface area contributed by atoms with Crippen LogP contribution in [0.5, 0.6) is 5.75 Å². The van der Waals surface area contributed by atoms with E-state index in [1.54, 1.807) is 13.0 Å². The number of rotatable bonds is 5. The molecule has 0 aliphatic carbocycles. The van der Waals surface area contributed by atoms with Crippen LogP contribution in [-0.2, 0) is 4.79 Å². The van der Waals surface area contributed by atoms with Gasteiger partial charge in [0, 0.05) is 10.1 Å². The number of carbonyl (C=O) groups excluding carboxylic acids is 2. The highest BCUT2D eigenvalue weighted by molar-refractivity contribution is 14.1. The Morgan fingerprint density at radius 1 is 1.38 bits per heavy atom. The summed E-state index contributed by atoms with van der Waals surface area (Å²) in [6, 6.07) is 3.95. The Morgan fingerprint density at radius 2 is 2.05 bits per heavy atom. The zero-order chi connectivity index (χ0) is 16.0. The number of aromatic carboxylic acids is 1. The van der Waals surface area contributed by atoms with Crippen molar-refractivity contribution in [1.82, 2.24) is 10.6 Å². The zero-order valence-electron chi connectivity index (χ0n) is 11.5. The lowest BCUT2D eigenvalue weighted by molar-refractivity contribution is -0.126. The molecule has 3 N–H and O–H groups in total. The third kappa shape index (κ3) is 5.21. The van der Waals surface area contributed by atoms with Crippen LogP contribution in [0.1, 0.15) is 24.2 Å². The molecule has 0 saturated carbocycles. The molecule has 0 aliphatic heterocycles. The number of imide groups is 1. The molecule has 1 rings (SSSR count). The molecular formula is C13H15IN2O5. The van der Waals surface area contributed by atoms with Crippen molar-refractivity contribution in [2.45, 2.75) is 20.0 Å². The first kappa shape index (κ1) is 17.2. The number of urea groups is 1. The molecule has 0 spiro atoms. The lowest BCUT2D eigenvalue weighted by Gasteiger charge is -2.16. The van der Waals surface area contributed by atoms with E-state index in [-0.39, 0.29) is 11.3 Å². The number of amides is 3. The number of hydrogen-bond acceptors (Lipinski definition) is 4. The van der Waals surface area contributed by atoms with Crippen molar-refractivity contribution in [3.63, 3.8) is 0 Å². The molecule has 0 heterocycles. The predicted octanol–water partition coefficient (Wildman–Crippen LogP) is 1.60. The second-order valence-electron chi connectivity index (χ2n) is 4.05. The molecule has 114 valence electrons. The maximum absolute atomic E-state index is 11.7. The van der Waals surface area contributed by atoms with Crippen LogP contribution in [0.3, 0.4) is 0 Å². The van der Waals surface area contributed by atoms with Crippen LogP contribution in [0.25, 0.3) is 0 Å². The number of carboxylic acids is 1. The summed E-state index contributed by atoms with van der Waals surface area (Å²) in [5, 5.41) is 13.6. The SMILES string of the molecule is CCNC(=O)NC(=O)C(C)Oc1ccc(I)cc1C(=O)O. The van der Waals surface area contributed by atoms with Gasteiger partial charge < -0.3 is 15.2 Å². The number of carboxylic acid groups (broad SMARTS) is 1. The van der Waals surface area contributed by atoms with Gasteiger partial charge in [0.05, 0.1) is 0 Å². The summed E-state index contributed by atoms with van der Waals surface area (Å²) in [6.07, 6.45) is -1.01. The average molecular weight is 406 g/mol. The standard InChI is InChI=1S/C13H15IN2O5/c1-3-15-13(20)16-11(17)7(2)21-10-5-4-8(14)6-9(10)12(18)19/h4-7H,3H2,1-2H3,(H,18,19)(H2,15,16,17,20). The van der Waals surface area contributed by atoms with E-state index in [0.717, 1.165) is 3.57 Å². The van der Waals surface area contributed by atoms with Gasteiger partial charge in [0.1, 0.15) is 11.3 Å². The highest BCUT2D eigenvalue weighted by Gasteiger charge is 2.20. The Morgan fingerprint density at radius 3 is 2.62 bits per heavy atom. The van der Waals surface area contributed by atoms with Gasteiger partial charge in [-0.1, -0.05) is 0 Å². The molecule has 1 aromatic rings. The molecule has 0 radical (unpaired) electrons. The van der Waals surface area contributed by atoms with E-state index >= 15 is 0 Å². The van der Waals surface area contributed by atoms with E-state index < -0.39 is 24.0 Å². The van der Waals surface area contributed by atoms with Crippen molar-refractivity contribution >= 4 is 40.5 Å². The number of halogens is 1. The first-order valence-electron chi connectivity index (χ1n) is 6.13. The van der Waals surface area contributed by atoms with Gasteiger partial charge in [-0.05, 0) is 54.6 Å². The van der Waals surface area contributed by atoms with Gasteiger partial charge in [0.15, 0.2) is 6.10 Å². The molecule has 1 unspecified atom stereocenters. The van der Waals surface area contributed by atoms with Crippen molar-refractivity contribution in [2.24, 2.45) is 0 Å². The van der Waals surface area contributed by atoms with E-state index in [4.69, 9.17) is 9.84 Å². The van der Waals surface area contributed by atoms with Crippen LogP contribution in [0.2, 0.25) is 0 Å². The fourth-order valence-electron chi connectivity index (χ4n) is 1.43. The molecule has 3 amide bonds. The fraction of sp³-hybridized carbons (Fsp3) is 0.308. The second kappa shape index (κ2) is 7.81. The van der Waals surface area contributed by atoms with Crippen LogP contribution in [0.15, 0.2) is 18.2 Å². The molecule has 0 aromatic heterocycles. The van der Waals surface area contributed by atoms with Crippen LogP contribution in [0, 0.1) is 3.57 Å². The fourth-order valence-corrected chi connectivity index (χ4v) is 1.93. The van der Waals surface area contributed by atoms with E-state index in [9.17, 15) is 14.4 Å².